The molecule has 1 saturated carbocycles. The van der Waals surface area contributed by atoms with Crippen molar-refractivity contribution in [3.05, 3.63) is 40.6 Å². The molecule has 0 spiro atoms. The normalized spacial score (nSPS) is 23.6. The number of hydrogen-bond donors (Lipinski definition) is 0. The highest BCUT2D eigenvalue weighted by atomic mass is 79.9. The van der Waals surface area contributed by atoms with E-state index in [-0.39, 0.29) is 17.2 Å². The molecule has 21 heavy (non-hydrogen) atoms. The molecule has 6 heteroatoms. The monoisotopic (exact) mass is 350 g/mol. The number of benzene rings is 1. The van der Waals surface area contributed by atoms with E-state index < -0.39 is 4.92 Å². The molecule has 1 aliphatic carbocycles. The van der Waals surface area contributed by atoms with Gasteiger partial charge in [0.1, 0.15) is 11.9 Å². The highest BCUT2D eigenvalue weighted by Gasteiger charge is 2.48. The fourth-order valence-corrected chi connectivity index (χ4v) is 3.21. The maximum absolute atomic E-state index is 11.1. The first-order chi connectivity index (χ1) is 9.91. The van der Waals surface area contributed by atoms with E-state index in [1.165, 1.54) is 6.07 Å². The maximum Gasteiger partial charge on any atom is 0.295 e. The van der Waals surface area contributed by atoms with Gasteiger partial charge in [-0.2, -0.15) is 0 Å². The fourth-order valence-electron chi connectivity index (χ4n) is 2.57. The van der Waals surface area contributed by atoms with E-state index in [2.05, 4.69) is 34.8 Å². The second-order valence-corrected chi connectivity index (χ2v) is 6.98. The van der Waals surface area contributed by atoms with Crippen LogP contribution in [0.3, 0.4) is 0 Å². The van der Waals surface area contributed by atoms with E-state index >= 15 is 0 Å². The lowest BCUT2D eigenvalue weighted by Crippen LogP contribution is -2.53. The summed E-state index contributed by atoms with van der Waals surface area (Å²) < 4.78 is 6.09. The second-order valence-electron chi connectivity index (χ2n) is 5.87. The number of fused-ring (bicyclic) bond motifs is 1. The van der Waals surface area contributed by atoms with Crippen molar-refractivity contribution in [1.29, 1.82) is 0 Å². The van der Waals surface area contributed by atoms with Crippen molar-refractivity contribution in [1.82, 2.24) is 4.98 Å². The second kappa shape index (κ2) is 4.94. The van der Waals surface area contributed by atoms with Crippen molar-refractivity contribution in [3.63, 3.8) is 0 Å². The number of nitrogens with zero attached hydrogens (tertiary/aromatic N) is 2. The van der Waals surface area contributed by atoms with Gasteiger partial charge in [0.05, 0.1) is 4.92 Å². The average molecular weight is 351 g/mol. The summed E-state index contributed by atoms with van der Waals surface area (Å²) in [7, 11) is 0. The van der Waals surface area contributed by atoms with Crippen LogP contribution in [0.4, 0.5) is 5.69 Å². The highest BCUT2D eigenvalue weighted by Crippen LogP contribution is 2.48. The molecule has 3 rings (SSSR count). The van der Waals surface area contributed by atoms with Crippen LogP contribution in [-0.4, -0.2) is 20.8 Å². The van der Waals surface area contributed by atoms with Gasteiger partial charge in [-0.05, 0) is 24.6 Å². The SMILES string of the molecule is CC1(C)C(Br)CC1Oc1ccc([N+](=O)[O-])c2ncccc12. The summed E-state index contributed by atoms with van der Waals surface area (Å²) >= 11 is 3.63. The number of ether oxygens (including phenoxy) is 1. The van der Waals surface area contributed by atoms with Crippen LogP contribution in [0, 0.1) is 15.5 Å². The molecule has 1 aromatic heterocycles. The number of aromatic nitrogens is 1. The summed E-state index contributed by atoms with van der Waals surface area (Å²) in [5, 5.41) is 11.8. The van der Waals surface area contributed by atoms with Crippen LogP contribution in [0.15, 0.2) is 30.5 Å². The van der Waals surface area contributed by atoms with Gasteiger partial charge in [0, 0.05) is 27.9 Å². The van der Waals surface area contributed by atoms with Crippen LogP contribution in [0.5, 0.6) is 5.75 Å². The van der Waals surface area contributed by atoms with Gasteiger partial charge in [-0.1, -0.05) is 29.8 Å². The molecule has 1 aliphatic rings. The number of halogens is 1. The number of hydrogen-bond acceptors (Lipinski definition) is 4. The Balaban J connectivity index is 2.01. The summed E-state index contributed by atoms with van der Waals surface area (Å²) in [5.74, 6) is 0.654. The number of pyridine rings is 1. The van der Waals surface area contributed by atoms with Crippen molar-refractivity contribution in [2.75, 3.05) is 0 Å². The Morgan fingerprint density at radius 1 is 1.43 bits per heavy atom. The summed E-state index contributed by atoms with van der Waals surface area (Å²) in [4.78, 5) is 15.2. The predicted octanol–water partition coefficient (Wildman–Crippen LogP) is 4.08. The molecule has 1 aromatic carbocycles. The predicted molar refractivity (Wildman–Crippen MR) is 83.9 cm³/mol. The highest BCUT2D eigenvalue weighted by molar-refractivity contribution is 9.09. The third-order valence-electron chi connectivity index (χ3n) is 4.23. The minimum Gasteiger partial charge on any atom is -0.489 e. The quantitative estimate of drug-likeness (QED) is 0.475. The summed E-state index contributed by atoms with van der Waals surface area (Å²) in [5.41, 5.74) is 0.410. The largest absolute Gasteiger partial charge is 0.489 e. The van der Waals surface area contributed by atoms with E-state index in [1.807, 2.05) is 6.07 Å². The van der Waals surface area contributed by atoms with Crippen molar-refractivity contribution in [2.45, 2.75) is 31.2 Å². The van der Waals surface area contributed by atoms with Gasteiger partial charge >= 0.3 is 0 Å². The zero-order chi connectivity index (χ0) is 15.2. The van der Waals surface area contributed by atoms with E-state index in [4.69, 9.17) is 4.74 Å². The third-order valence-corrected chi connectivity index (χ3v) is 5.79. The number of non-ortho nitro benzene ring substituents is 1. The number of alkyl halides is 1. The maximum atomic E-state index is 11.1. The van der Waals surface area contributed by atoms with Gasteiger partial charge in [-0.15, -0.1) is 0 Å². The molecule has 0 saturated heterocycles. The van der Waals surface area contributed by atoms with Gasteiger partial charge in [0.25, 0.3) is 5.69 Å². The lowest BCUT2D eigenvalue weighted by molar-refractivity contribution is -0.383. The molecule has 0 N–H and O–H groups in total. The van der Waals surface area contributed by atoms with Crippen molar-refractivity contribution in [3.8, 4) is 5.75 Å². The van der Waals surface area contributed by atoms with Crippen molar-refractivity contribution < 1.29 is 9.66 Å². The number of nitro benzene ring substituents is 1. The van der Waals surface area contributed by atoms with Crippen LogP contribution >= 0.6 is 15.9 Å². The Morgan fingerprint density at radius 3 is 2.81 bits per heavy atom. The molecule has 0 radical (unpaired) electrons. The first-order valence-corrected chi connectivity index (χ1v) is 7.65. The van der Waals surface area contributed by atoms with Crippen LogP contribution < -0.4 is 4.74 Å². The molecular weight excluding hydrogens is 336 g/mol. The van der Waals surface area contributed by atoms with E-state index in [9.17, 15) is 10.1 Å². The van der Waals surface area contributed by atoms with Crippen LogP contribution in [0.2, 0.25) is 0 Å². The number of nitro groups is 1. The van der Waals surface area contributed by atoms with E-state index in [0.29, 0.717) is 21.5 Å². The van der Waals surface area contributed by atoms with Crippen LogP contribution in [-0.2, 0) is 0 Å². The average Bonchev–Trinajstić information content (AvgIpc) is 2.46. The Bertz CT molecular complexity index is 717. The van der Waals surface area contributed by atoms with Gasteiger partial charge in [0.15, 0.2) is 5.52 Å². The van der Waals surface area contributed by atoms with E-state index in [1.54, 1.807) is 18.3 Å². The fraction of sp³-hybridized carbons (Fsp3) is 0.400. The molecule has 0 aliphatic heterocycles. The zero-order valence-electron chi connectivity index (χ0n) is 11.7. The first-order valence-electron chi connectivity index (χ1n) is 6.74. The topological polar surface area (TPSA) is 65.3 Å². The minimum atomic E-state index is -0.416. The molecule has 0 bridgehead atoms. The Morgan fingerprint density at radius 2 is 2.19 bits per heavy atom. The minimum absolute atomic E-state index is 0.00388. The van der Waals surface area contributed by atoms with E-state index in [0.717, 1.165) is 6.42 Å². The van der Waals surface area contributed by atoms with Gasteiger partial charge in [0.2, 0.25) is 0 Å². The molecule has 1 heterocycles. The smallest absolute Gasteiger partial charge is 0.295 e. The molecule has 2 aromatic rings. The lowest BCUT2D eigenvalue weighted by atomic mass is 9.69. The Labute approximate surface area is 130 Å². The van der Waals surface area contributed by atoms with Gasteiger partial charge in [-0.3, -0.25) is 10.1 Å². The Kier molecular flexibility index (Phi) is 3.36. The molecule has 2 unspecified atom stereocenters. The summed E-state index contributed by atoms with van der Waals surface area (Å²) in [6, 6.07) is 6.70. The van der Waals surface area contributed by atoms with Crippen molar-refractivity contribution >= 4 is 32.5 Å². The first kappa shape index (κ1) is 14.3. The number of rotatable bonds is 3. The third kappa shape index (κ3) is 2.27. The standard InChI is InChI=1S/C15H15BrN2O3/c1-15(2)12(16)8-13(15)21-11-6-5-10(18(19)20)14-9(11)4-3-7-17-14/h3-7,12-13H,8H2,1-2H3. The molecule has 110 valence electrons. The van der Waals surface area contributed by atoms with Crippen molar-refractivity contribution in [2.24, 2.45) is 5.41 Å². The summed E-state index contributed by atoms with van der Waals surface area (Å²) in [6.45, 7) is 4.29. The molecule has 1 fully saturated rings. The molecule has 0 amide bonds. The van der Waals surface area contributed by atoms with Gasteiger partial charge < -0.3 is 4.74 Å². The van der Waals surface area contributed by atoms with Gasteiger partial charge in [-0.25, -0.2) is 4.98 Å². The van der Waals surface area contributed by atoms with Crippen LogP contribution in [0.25, 0.3) is 10.9 Å². The zero-order valence-corrected chi connectivity index (χ0v) is 13.3. The molecule has 2 atom stereocenters. The molecule has 5 nitrogen and oxygen atoms in total. The lowest BCUT2D eigenvalue weighted by Gasteiger charge is -2.48. The Hall–Kier alpha value is -1.69. The summed E-state index contributed by atoms with van der Waals surface area (Å²) in [6.07, 6.45) is 2.57. The van der Waals surface area contributed by atoms with Crippen LogP contribution in [0.1, 0.15) is 20.3 Å². The molecular formula is C15H15BrN2O3.